The van der Waals surface area contributed by atoms with Crippen molar-refractivity contribution >= 4 is 17.6 Å². The first-order valence-corrected chi connectivity index (χ1v) is 4.17. The van der Waals surface area contributed by atoms with Crippen LogP contribution in [0, 0.1) is 11.3 Å². The highest BCUT2D eigenvalue weighted by atomic mass is 35.5. The molecule has 0 saturated carbocycles. The van der Waals surface area contributed by atoms with Crippen LogP contribution in [-0.2, 0) is 11.2 Å². The van der Waals surface area contributed by atoms with Gasteiger partial charge in [0.15, 0.2) is 0 Å². The zero-order valence-corrected chi connectivity index (χ0v) is 8.21. The number of carbonyl (C=O) groups is 1. The molecular weight excluding hydrogens is 204 g/mol. The van der Waals surface area contributed by atoms with E-state index in [0.717, 1.165) is 0 Å². The van der Waals surface area contributed by atoms with Crippen LogP contribution in [0.4, 0.5) is 0 Å². The van der Waals surface area contributed by atoms with E-state index in [0.29, 0.717) is 5.56 Å². The molecule has 1 aromatic rings. The number of hydrogen-bond donors (Lipinski definition) is 0. The van der Waals surface area contributed by atoms with Crippen molar-refractivity contribution in [2.75, 3.05) is 7.11 Å². The molecule has 0 aliphatic carbocycles. The molecule has 0 N–H and O–H groups in total. The number of halogens is 1. The highest BCUT2D eigenvalue weighted by Gasteiger charge is 2.14. The largest absolute Gasteiger partial charge is 0.465 e. The average Bonchev–Trinajstić information content (AvgIpc) is 2.20. The third kappa shape index (κ3) is 2.01. The molecule has 0 unspecified atom stereocenters. The maximum absolute atomic E-state index is 11.2. The minimum absolute atomic E-state index is 0.0388. The molecule has 0 fully saturated rings. The van der Waals surface area contributed by atoms with Gasteiger partial charge in [0.2, 0.25) is 0 Å². The molecule has 0 radical (unpaired) electrons. The number of nitrogens with zero attached hydrogens (tertiary/aromatic N) is 2. The fourth-order valence-electron chi connectivity index (χ4n) is 1.02. The third-order valence-corrected chi connectivity index (χ3v) is 1.99. The van der Waals surface area contributed by atoms with Gasteiger partial charge in [0.05, 0.1) is 25.2 Å². The minimum Gasteiger partial charge on any atom is -0.465 e. The van der Waals surface area contributed by atoms with Crippen molar-refractivity contribution in [3.8, 4) is 6.07 Å². The van der Waals surface area contributed by atoms with Crippen molar-refractivity contribution in [1.82, 2.24) is 4.98 Å². The van der Waals surface area contributed by atoms with Crippen LogP contribution in [-0.4, -0.2) is 18.1 Å². The van der Waals surface area contributed by atoms with E-state index in [2.05, 4.69) is 9.72 Å². The van der Waals surface area contributed by atoms with Gasteiger partial charge in [-0.25, -0.2) is 9.78 Å². The van der Waals surface area contributed by atoms with Gasteiger partial charge in [-0.05, 0) is 6.07 Å². The van der Waals surface area contributed by atoms with E-state index in [1.165, 1.54) is 19.4 Å². The van der Waals surface area contributed by atoms with Gasteiger partial charge in [-0.2, -0.15) is 5.26 Å². The van der Waals surface area contributed by atoms with Crippen molar-refractivity contribution in [3.63, 3.8) is 0 Å². The summed E-state index contributed by atoms with van der Waals surface area (Å²) in [4.78, 5) is 15.0. The molecule has 1 rings (SSSR count). The molecule has 1 aromatic heterocycles. The van der Waals surface area contributed by atoms with Crippen molar-refractivity contribution < 1.29 is 9.53 Å². The lowest BCUT2D eigenvalue weighted by atomic mass is 10.1. The van der Waals surface area contributed by atoms with Crippen molar-refractivity contribution in [2.24, 2.45) is 0 Å². The summed E-state index contributed by atoms with van der Waals surface area (Å²) in [6.07, 6.45) is 1.44. The van der Waals surface area contributed by atoms with Gasteiger partial charge in [-0.3, -0.25) is 0 Å². The highest BCUT2D eigenvalue weighted by molar-refractivity contribution is 6.30. The Bertz CT molecular complexity index is 398. The Hall–Kier alpha value is -1.60. The predicted octanol–water partition coefficient (Wildman–Crippen LogP) is 1.59. The number of ether oxygens (including phenoxy) is 1. The summed E-state index contributed by atoms with van der Waals surface area (Å²) < 4.78 is 4.54. The summed E-state index contributed by atoms with van der Waals surface area (Å²) in [5.41, 5.74) is 0.692. The summed E-state index contributed by atoms with van der Waals surface area (Å²) >= 11 is 5.74. The summed E-state index contributed by atoms with van der Waals surface area (Å²) in [5.74, 6) is -0.514. The van der Waals surface area contributed by atoms with Gasteiger partial charge in [0, 0.05) is 11.8 Å². The van der Waals surface area contributed by atoms with Gasteiger partial charge >= 0.3 is 5.97 Å². The summed E-state index contributed by atoms with van der Waals surface area (Å²) in [6.45, 7) is 0. The number of hydrogen-bond acceptors (Lipinski definition) is 4. The number of rotatable bonds is 2. The van der Waals surface area contributed by atoms with Gasteiger partial charge in [-0.1, -0.05) is 11.6 Å². The SMILES string of the molecule is COC(=O)c1ccnc(Cl)c1CC#N. The molecule has 14 heavy (non-hydrogen) atoms. The van der Waals surface area contributed by atoms with Crippen LogP contribution in [0.2, 0.25) is 5.15 Å². The van der Waals surface area contributed by atoms with E-state index in [1.54, 1.807) is 0 Å². The second-order valence-electron chi connectivity index (χ2n) is 2.45. The van der Waals surface area contributed by atoms with Crippen LogP contribution in [0.25, 0.3) is 0 Å². The molecule has 0 atom stereocenters. The number of esters is 1. The Morgan fingerprint density at radius 2 is 2.50 bits per heavy atom. The maximum Gasteiger partial charge on any atom is 0.338 e. The molecular formula is C9H7ClN2O2. The normalized spacial score (nSPS) is 9.21. The Labute approximate surface area is 86.1 Å². The van der Waals surface area contributed by atoms with E-state index in [4.69, 9.17) is 16.9 Å². The number of nitriles is 1. The second kappa shape index (κ2) is 4.58. The van der Waals surface area contributed by atoms with E-state index in [9.17, 15) is 4.79 Å². The molecule has 0 amide bonds. The molecule has 5 heteroatoms. The first kappa shape index (κ1) is 10.5. The van der Waals surface area contributed by atoms with Crippen LogP contribution in [0.15, 0.2) is 12.3 Å². The third-order valence-electron chi connectivity index (χ3n) is 1.66. The van der Waals surface area contributed by atoms with Crippen molar-refractivity contribution in [1.29, 1.82) is 5.26 Å². The Morgan fingerprint density at radius 3 is 3.07 bits per heavy atom. The number of pyridine rings is 1. The summed E-state index contributed by atoms with van der Waals surface area (Å²) in [6, 6.07) is 3.39. The smallest absolute Gasteiger partial charge is 0.338 e. The molecule has 0 bridgehead atoms. The molecule has 4 nitrogen and oxygen atoms in total. The van der Waals surface area contributed by atoms with Crippen LogP contribution >= 0.6 is 11.6 Å². The van der Waals surface area contributed by atoms with Gasteiger partial charge in [0.1, 0.15) is 5.15 Å². The molecule has 1 heterocycles. The Balaban J connectivity index is 3.22. The lowest BCUT2D eigenvalue weighted by Gasteiger charge is -2.05. The number of aromatic nitrogens is 1. The lowest BCUT2D eigenvalue weighted by Crippen LogP contribution is -2.06. The molecule has 0 spiro atoms. The molecule has 72 valence electrons. The summed E-state index contributed by atoms with van der Waals surface area (Å²) in [5, 5.41) is 8.70. The fourth-order valence-corrected chi connectivity index (χ4v) is 1.24. The van der Waals surface area contributed by atoms with Crippen LogP contribution < -0.4 is 0 Å². The molecule has 0 aromatic carbocycles. The van der Waals surface area contributed by atoms with Crippen LogP contribution in [0.5, 0.6) is 0 Å². The van der Waals surface area contributed by atoms with Gasteiger partial charge in [-0.15, -0.1) is 0 Å². The molecule has 0 saturated heterocycles. The summed E-state index contributed by atoms with van der Waals surface area (Å²) in [7, 11) is 1.27. The van der Waals surface area contributed by atoms with E-state index in [1.807, 2.05) is 6.07 Å². The van der Waals surface area contributed by atoms with Crippen LogP contribution in [0.3, 0.4) is 0 Å². The predicted molar refractivity (Wildman–Crippen MR) is 49.9 cm³/mol. The van der Waals surface area contributed by atoms with E-state index < -0.39 is 5.97 Å². The number of carbonyl (C=O) groups excluding carboxylic acids is 1. The zero-order valence-electron chi connectivity index (χ0n) is 7.45. The average molecular weight is 211 g/mol. The minimum atomic E-state index is -0.514. The first-order chi connectivity index (χ1) is 6.70. The van der Waals surface area contributed by atoms with Crippen molar-refractivity contribution in [2.45, 2.75) is 6.42 Å². The molecule has 0 aliphatic heterocycles. The molecule has 0 aliphatic rings. The van der Waals surface area contributed by atoms with Crippen LogP contribution in [0.1, 0.15) is 15.9 Å². The second-order valence-corrected chi connectivity index (χ2v) is 2.81. The van der Waals surface area contributed by atoms with Crippen molar-refractivity contribution in [3.05, 3.63) is 28.5 Å². The fraction of sp³-hybridized carbons (Fsp3) is 0.222. The first-order valence-electron chi connectivity index (χ1n) is 3.79. The van der Waals surface area contributed by atoms with Gasteiger partial charge in [0.25, 0.3) is 0 Å². The Morgan fingerprint density at radius 1 is 1.79 bits per heavy atom. The standard InChI is InChI=1S/C9H7ClN2O2/c1-14-9(13)7-3-5-12-8(10)6(7)2-4-11/h3,5H,2H2,1H3. The van der Waals surface area contributed by atoms with E-state index >= 15 is 0 Å². The van der Waals surface area contributed by atoms with Gasteiger partial charge < -0.3 is 4.74 Å². The monoisotopic (exact) mass is 210 g/mol. The lowest BCUT2D eigenvalue weighted by molar-refractivity contribution is 0.0599. The van der Waals surface area contributed by atoms with E-state index in [-0.39, 0.29) is 17.1 Å². The Kier molecular flexibility index (Phi) is 3.43. The highest BCUT2D eigenvalue weighted by Crippen LogP contribution is 2.18. The quantitative estimate of drug-likeness (QED) is 0.549. The zero-order chi connectivity index (χ0) is 10.6. The maximum atomic E-state index is 11.2. The number of methoxy groups -OCH3 is 1. The topological polar surface area (TPSA) is 63.0 Å².